The van der Waals surface area contributed by atoms with Crippen LogP contribution < -0.4 is 10.6 Å². The summed E-state index contributed by atoms with van der Waals surface area (Å²) in [4.78, 5) is 45.7. The van der Waals surface area contributed by atoms with Crippen LogP contribution in [0.5, 0.6) is 0 Å². The van der Waals surface area contributed by atoms with E-state index in [0.717, 1.165) is 70.3 Å². The molecule has 1 aromatic carbocycles. The summed E-state index contributed by atoms with van der Waals surface area (Å²) in [5, 5.41) is 10.2. The van der Waals surface area contributed by atoms with Crippen molar-refractivity contribution in [1.29, 1.82) is 0 Å². The number of alkyl halides is 3. The molecule has 316 valence electrons. The molecule has 2 aromatic rings. The number of hydrogen-bond acceptors (Lipinski definition) is 10. The van der Waals surface area contributed by atoms with E-state index in [1.807, 2.05) is 4.90 Å². The molecule has 0 bridgehead atoms. The van der Waals surface area contributed by atoms with Gasteiger partial charge in [-0.2, -0.15) is 13.2 Å². The quantitative estimate of drug-likeness (QED) is 0.0832. The number of azide groups is 1. The van der Waals surface area contributed by atoms with E-state index in [4.69, 9.17) is 15.0 Å². The van der Waals surface area contributed by atoms with Crippen LogP contribution in [0.25, 0.3) is 21.3 Å². The zero-order chi connectivity index (χ0) is 41.2. The maximum Gasteiger partial charge on any atom is 0.416 e. The van der Waals surface area contributed by atoms with Gasteiger partial charge in [0.25, 0.3) is 0 Å². The molecule has 17 heteroatoms. The van der Waals surface area contributed by atoms with E-state index in [-0.39, 0.29) is 47.1 Å². The highest BCUT2D eigenvalue weighted by molar-refractivity contribution is 5.93. The van der Waals surface area contributed by atoms with Crippen LogP contribution in [-0.2, 0) is 25.2 Å². The molecular formula is C41H57F3N10O4. The fraction of sp³-hybridized carbons (Fsp3) is 0.659. The topological polar surface area (TPSA) is 161 Å². The van der Waals surface area contributed by atoms with Crippen molar-refractivity contribution in [1.82, 2.24) is 30.0 Å². The molecule has 1 saturated carbocycles. The summed E-state index contributed by atoms with van der Waals surface area (Å²) in [6.07, 6.45) is 7.35. The van der Waals surface area contributed by atoms with Gasteiger partial charge in [-0.05, 0) is 107 Å². The molecule has 1 unspecified atom stereocenters. The van der Waals surface area contributed by atoms with E-state index >= 15 is 0 Å². The van der Waals surface area contributed by atoms with Crippen LogP contribution in [-0.4, -0.2) is 133 Å². The monoisotopic (exact) mass is 810 g/mol. The van der Waals surface area contributed by atoms with Crippen LogP contribution in [0.3, 0.4) is 0 Å². The van der Waals surface area contributed by atoms with Crippen molar-refractivity contribution in [2.45, 2.75) is 102 Å². The second-order valence-electron chi connectivity index (χ2n) is 16.0. The average Bonchev–Trinajstić information content (AvgIpc) is 3.58. The molecule has 2 amide bonds. The van der Waals surface area contributed by atoms with E-state index in [0.29, 0.717) is 63.9 Å². The predicted octanol–water partition coefficient (Wildman–Crippen LogP) is 6.11. The number of benzene rings is 1. The Hall–Kier alpha value is -4.28. The number of carbonyl (C=O) groups is 2. The van der Waals surface area contributed by atoms with Gasteiger partial charge in [-0.1, -0.05) is 17.3 Å². The second-order valence-corrected chi connectivity index (χ2v) is 16.0. The molecule has 2 fully saturated rings. The minimum absolute atomic E-state index is 0.0252. The van der Waals surface area contributed by atoms with Crippen LogP contribution >= 0.6 is 0 Å². The first kappa shape index (κ1) is 43.3. The average molecular weight is 811 g/mol. The summed E-state index contributed by atoms with van der Waals surface area (Å²) in [5.74, 6) is -0.0678. The van der Waals surface area contributed by atoms with Crippen LogP contribution in [0.1, 0.15) is 70.8 Å². The lowest BCUT2D eigenvalue weighted by atomic mass is 9.82. The van der Waals surface area contributed by atoms with Gasteiger partial charge in [0.2, 0.25) is 11.8 Å². The smallest absolute Gasteiger partial charge is 0.379 e. The Morgan fingerprint density at radius 3 is 2.55 bits per heavy atom. The summed E-state index contributed by atoms with van der Waals surface area (Å²) in [6, 6.07) is 2.81. The number of halogens is 3. The largest absolute Gasteiger partial charge is 0.416 e. The second kappa shape index (κ2) is 20.1. The van der Waals surface area contributed by atoms with Gasteiger partial charge in [0.05, 0.1) is 49.6 Å². The Morgan fingerprint density at radius 2 is 1.84 bits per heavy atom. The molecule has 58 heavy (non-hydrogen) atoms. The third-order valence-electron chi connectivity index (χ3n) is 12.2. The number of amides is 2. The summed E-state index contributed by atoms with van der Waals surface area (Å²) in [5.41, 5.74) is 10.5. The van der Waals surface area contributed by atoms with Crippen LogP contribution in [0.2, 0.25) is 0 Å². The number of anilines is 1. The molecule has 2 aliphatic carbocycles. The maximum atomic E-state index is 14.0. The van der Waals surface area contributed by atoms with Crippen molar-refractivity contribution in [3.63, 3.8) is 0 Å². The summed E-state index contributed by atoms with van der Waals surface area (Å²) in [6.45, 7) is 9.74. The Bertz CT molecular complexity index is 1850. The van der Waals surface area contributed by atoms with Crippen molar-refractivity contribution in [2.75, 3.05) is 71.5 Å². The Morgan fingerprint density at radius 1 is 1.05 bits per heavy atom. The van der Waals surface area contributed by atoms with Gasteiger partial charge in [0.1, 0.15) is 18.2 Å². The zero-order valence-corrected chi connectivity index (χ0v) is 33.8. The Balaban J connectivity index is 1.03. The molecule has 0 radical (unpaired) electrons. The zero-order valence-electron chi connectivity index (χ0n) is 33.8. The van der Waals surface area contributed by atoms with Crippen LogP contribution in [0.15, 0.2) is 52.9 Å². The molecule has 4 aliphatic rings. The van der Waals surface area contributed by atoms with E-state index in [1.165, 1.54) is 23.5 Å². The van der Waals surface area contributed by atoms with E-state index in [2.05, 4.69) is 73.5 Å². The number of carbonyl (C=O) groups excluding carboxylic acids is 2. The van der Waals surface area contributed by atoms with Crippen LogP contribution in [0.4, 0.5) is 19.0 Å². The third-order valence-corrected chi connectivity index (χ3v) is 12.2. The van der Waals surface area contributed by atoms with Crippen molar-refractivity contribution in [2.24, 2.45) is 11.0 Å². The minimum atomic E-state index is -4.53. The highest BCUT2D eigenvalue weighted by Gasteiger charge is 2.44. The van der Waals surface area contributed by atoms with E-state index in [9.17, 15) is 22.8 Å². The van der Waals surface area contributed by atoms with Gasteiger partial charge in [0, 0.05) is 61.0 Å². The Kier molecular flexibility index (Phi) is 15.0. The predicted molar refractivity (Wildman–Crippen MR) is 215 cm³/mol. The first-order chi connectivity index (χ1) is 27.9. The SMILES string of the molecule is CC(C)N(C)[C@@H]1CC[C@H](N2CC[C@H](Nc3ncnc4ccc(C(F)(F)F)cc34)C2=O)[C@H](NC(=O)C2CC=C(C3=CCN(CCOCCOCCN=[N+]=[N-])CC3)CC2)C1. The van der Waals surface area contributed by atoms with Gasteiger partial charge in [0.15, 0.2) is 0 Å². The number of likely N-dealkylation sites (tertiary alicyclic amines) is 1. The molecule has 2 N–H and O–H groups in total. The lowest BCUT2D eigenvalue weighted by molar-refractivity contribution is -0.137. The first-order valence-corrected chi connectivity index (χ1v) is 20.6. The van der Waals surface area contributed by atoms with Gasteiger partial charge in [-0.15, -0.1) is 0 Å². The molecule has 2 aliphatic heterocycles. The molecule has 1 aromatic heterocycles. The number of fused-ring (bicyclic) bond motifs is 1. The lowest BCUT2D eigenvalue weighted by Gasteiger charge is -2.45. The number of hydrogen-bond donors (Lipinski definition) is 2. The van der Waals surface area contributed by atoms with Crippen molar-refractivity contribution in [3.8, 4) is 0 Å². The minimum Gasteiger partial charge on any atom is -0.379 e. The molecule has 5 atom stereocenters. The van der Waals surface area contributed by atoms with Gasteiger partial charge >= 0.3 is 6.18 Å². The van der Waals surface area contributed by atoms with E-state index < -0.39 is 17.8 Å². The highest BCUT2D eigenvalue weighted by Crippen LogP contribution is 2.36. The molecule has 3 heterocycles. The fourth-order valence-electron chi connectivity index (χ4n) is 8.67. The van der Waals surface area contributed by atoms with Crippen molar-refractivity contribution < 1.29 is 32.2 Å². The van der Waals surface area contributed by atoms with Gasteiger partial charge in [-0.25, -0.2) is 9.97 Å². The molecular weight excluding hydrogens is 754 g/mol. The number of aromatic nitrogens is 2. The maximum absolute atomic E-state index is 14.0. The number of nitrogens with zero attached hydrogens (tertiary/aromatic N) is 8. The highest BCUT2D eigenvalue weighted by atomic mass is 19.4. The van der Waals surface area contributed by atoms with Gasteiger partial charge < -0.3 is 29.9 Å². The number of rotatable bonds is 17. The van der Waals surface area contributed by atoms with E-state index in [1.54, 1.807) is 0 Å². The number of allylic oxidation sites excluding steroid dienone is 2. The van der Waals surface area contributed by atoms with Gasteiger partial charge in [-0.3, -0.25) is 14.5 Å². The van der Waals surface area contributed by atoms with Crippen molar-refractivity contribution >= 4 is 28.5 Å². The summed E-state index contributed by atoms with van der Waals surface area (Å²) >= 11 is 0. The molecule has 1 saturated heterocycles. The fourth-order valence-corrected chi connectivity index (χ4v) is 8.67. The van der Waals surface area contributed by atoms with Crippen molar-refractivity contribution in [3.05, 3.63) is 63.8 Å². The third kappa shape index (κ3) is 11.1. The summed E-state index contributed by atoms with van der Waals surface area (Å²) < 4.78 is 51.7. The molecule has 14 nitrogen and oxygen atoms in total. The molecule has 6 rings (SSSR count). The Labute approximate surface area is 338 Å². The normalized spacial score (nSPS) is 24.5. The lowest BCUT2D eigenvalue weighted by Crippen LogP contribution is -2.59. The molecule has 0 spiro atoms. The summed E-state index contributed by atoms with van der Waals surface area (Å²) in [7, 11) is 2.11. The standard InChI is InChI=1S/C41H57F3N10O4/c1-27(2)52(3)32-9-11-37(54-18-14-35(40(54)56)49-38-33-24-31(41(42,43)44)8-10-34(33)46-26-47-38)36(25-32)50-39(55)30-6-4-28(5-7-30)29-12-16-53(17-13-29)19-21-58-23-22-57-20-15-48-51-45/h4,8,10,12,24,26-27,30,32,35-37H,5-7,9,11,13-23,25H2,1-3H3,(H,50,55)(H,46,47,49)/t30?,32-,35+,36-,37+/m1/s1. The number of nitrogens with one attached hydrogen (secondary N) is 2. The number of ether oxygens (including phenoxy) is 2. The van der Waals surface area contributed by atoms with Crippen LogP contribution in [0, 0.1) is 5.92 Å². The first-order valence-electron chi connectivity index (χ1n) is 20.6.